The summed E-state index contributed by atoms with van der Waals surface area (Å²) in [5.41, 5.74) is 5.34. The maximum absolute atomic E-state index is 10.5. The summed E-state index contributed by atoms with van der Waals surface area (Å²) in [4.78, 5) is 5.07. The van der Waals surface area contributed by atoms with Gasteiger partial charge in [0, 0.05) is 29.3 Å². The second-order valence-electron chi connectivity index (χ2n) is 7.48. The Kier molecular flexibility index (Phi) is 6.15. The highest BCUT2D eigenvalue weighted by molar-refractivity contribution is 6.01. The molecular weight excluding hydrogens is 372 g/mol. The number of benzene rings is 3. The summed E-state index contributed by atoms with van der Waals surface area (Å²) >= 11 is 0. The zero-order valence-electron chi connectivity index (χ0n) is 17.5. The first-order valence-electron chi connectivity index (χ1n) is 10.6. The minimum Gasteiger partial charge on any atom is -0.508 e. The van der Waals surface area contributed by atoms with Crippen LogP contribution in [0.4, 0.5) is 0 Å². The number of para-hydroxylation sites is 2. The third-order valence-corrected chi connectivity index (χ3v) is 5.56. The molecule has 0 spiro atoms. The molecule has 0 fully saturated rings. The molecule has 0 aromatic heterocycles. The van der Waals surface area contributed by atoms with Crippen molar-refractivity contribution in [1.82, 2.24) is 5.32 Å². The smallest absolute Gasteiger partial charge is 0.129 e. The van der Waals surface area contributed by atoms with Crippen LogP contribution >= 0.6 is 0 Å². The van der Waals surface area contributed by atoms with Crippen LogP contribution in [0.3, 0.4) is 0 Å². The quantitative estimate of drug-likeness (QED) is 0.568. The van der Waals surface area contributed by atoms with Crippen molar-refractivity contribution >= 4 is 5.71 Å². The Hall–Kier alpha value is -3.11. The SMILES string of the molecule is CCOc1ccccc1[C@@H]1N=C(c2ccc(CC)cc2)C[C@H](c2ccccc2O)N1. The fourth-order valence-electron chi connectivity index (χ4n) is 3.95. The van der Waals surface area contributed by atoms with Gasteiger partial charge in [-0.2, -0.15) is 0 Å². The number of ether oxygens (including phenoxy) is 1. The lowest BCUT2D eigenvalue weighted by Crippen LogP contribution is -2.33. The molecule has 30 heavy (non-hydrogen) atoms. The molecule has 0 saturated heterocycles. The topological polar surface area (TPSA) is 53.9 Å². The van der Waals surface area contributed by atoms with Gasteiger partial charge in [-0.05, 0) is 36.6 Å². The van der Waals surface area contributed by atoms with Crippen LogP contribution in [0.1, 0.15) is 54.7 Å². The van der Waals surface area contributed by atoms with Crippen molar-refractivity contribution in [3.8, 4) is 11.5 Å². The van der Waals surface area contributed by atoms with Crippen LogP contribution in [0.15, 0.2) is 77.8 Å². The molecule has 2 N–H and O–H groups in total. The number of aryl methyl sites for hydroxylation is 1. The second-order valence-corrected chi connectivity index (χ2v) is 7.48. The lowest BCUT2D eigenvalue weighted by Gasteiger charge is -2.31. The van der Waals surface area contributed by atoms with Crippen molar-refractivity contribution in [2.45, 2.75) is 38.9 Å². The fourth-order valence-corrected chi connectivity index (χ4v) is 3.95. The third kappa shape index (κ3) is 4.24. The molecule has 0 amide bonds. The van der Waals surface area contributed by atoms with Gasteiger partial charge in [0.25, 0.3) is 0 Å². The van der Waals surface area contributed by atoms with E-state index in [4.69, 9.17) is 9.73 Å². The number of hydrogen-bond acceptors (Lipinski definition) is 4. The molecule has 0 unspecified atom stereocenters. The molecule has 4 rings (SSSR count). The van der Waals surface area contributed by atoms with Gasteiger partial charge < -0.3 is 9.84 Å². The van der Waals surface area contributed by atoms with Crippen molar-refractivity contribution < 1.29 is 9.84 Å². The fraction of sp³-hybridized carbons (Fsp3) is 0.269. The molecule has 0 radical (unpaired) electrons. The van der Waals surface area contributed by atoms with E-state index in [0.29, 0.717) is 18.8 Å². The minimum atomic E-state index is -0.257. The molecule has 0 aliphatic carbocycles. The van der Waals surface area contributed by atoms with Crippen molar-refractivity contribution in [2.24, 2.45) is 4.99 Å². The van der Waals surface area contributed by atoms with Crippen LogP contribution in [-0.2, 0) is 6.42 Å². The molecule has 1 aliphatic heterocycles. The number of nitrogens with zero attached hydrogens (tertiary/aromatic N) is 1. The number of nitrogens with one attached hydrogen (secondary N) is 1. The Bertz CT molecular complexity index is 1030. The van der Waals surface area contributed by atoms with Crippen molar-refractivity contribution in [3.05, 3.63) is 95.1 Å². The van der Waals surface area contributed by atoms with Gasteiger partial charge in [-0.25, -0.2) is 0 Å². The van der Waals surface area contributed by atoms with E-state index in [1.165, 1.54) is 5.56 Å². The first-order chi connectivity index (χ1) is 14.7. The highest BCUT2D eigenvalue weighted by Gasteiger charge is 2.28. The third-order valence-electron chi connectivity index (χ3n) is 5.56. The molecule has 1 aliphatic rings. The van der Waals surface area contributed by atoms with E-state index >= 15 is 0 Å². The normalized spacial score (nSPS) is 18.7. The van der Waals surface area contributed by atoms with Crippen molar-refractivity contribution in [1.29, 1.82) is 0 Å². The molecule has 0 bridgehead atoms. The van der Waals surface area contributed by atoms with Crippen LogP contribution < -0.4 is 10.1 Å². The average Bonchev–Trinajstić information content (AvgIpc) is 2.80. The zero-order valence-corrected chi connectivity index (χ0v) is 17.5. The van der Waals surface area contributed by atoms with Gasteiger partial charge in [-0.1, -0.05) is 67.6 Å². The summed E-state index contributed by atoms with van der Waals surface area (Å²) in [7, 11) is 0. The summed E-state index contributed by atoms with van der Waals surface area (Å²) in [6.07, 6.45) is 1.46. The average molecular weight is 401 g/mol. The predicted octanol–water partition coefficient (Wildman–Crippen LogP) is 5.58. The molecule has 3 aromatic rings. The summed E-state index contributed by atoms with van der Waals surface area (Å²) in [6.45, 7) is 4.74. The van der Waals surface area contributed by atoms with Crippen LogP contribution in [0.2, 0.25) is 0 Å². The van der Waals surface area contributed by atoms with E-state index in [9.17, 15) is 5.11 Å². The Morgan fingerprint density at radius 2 is 1.63 bits per heavy atom. The number of hydrogen-bond donors (Lipinski definition) is 2. The highest BCUT2D eigenvalue weighted by Crippen LogP contribution is 2.36. The molecular formula is C26H28N2O2. The molecule has 4 nitrogen and oxygen atoms in total. The Balaban J connectivity index is 1.76. The van der Waals surface area contributed by atoms with Gasteiger partial charge in [0.2, 0.25) is 0 Å². The highest BCUT2D eigenvalue weighted by atomic mass is 16.5. The first kappa shape index (κ1) is 20.2. The Morgan fingerprint density at radius 3 is 2.33 bits per heavy atom. The summed E-state index contributed by atoms with van der Waals surface area (Å²) in [5, 5.41) is 14.1. The molecule has 4 heteroatoms. The maximum Gasteiger partial charge on any atom is 0.129 e. The molecule has 0 saturated carbocycles. The van der Waals surface area contributed by atoms with E-state index in [0.717, 1.165) is 34.6 Å². The Labute approximate surface area is 178 Å². The lowest BCUT2D eigenvalue weighted by atomic mass is 9.93. The monoisotopic (exact) mass is 400 g/mol. The van der Waals surface area contributed by atoms with E-state index in [-0.39, 0.29) is 12.2 Å². The van der Waals surface area contributed by atoms with Crippen molar-refractivity contribution in [3.63, 3.8) is 0 Å². The number of rotatable bonds is 6. The van der Waals surface area contributed by atoms with Crippen LogP contribution in [-0.4, -0.2) is 17.4 Å². The summed E-state index contributed by atoms with van der Waals surface area (Å²) < 4.78 is 5.87. The largest absolute Gasteiger partial charge is 0.508 e. The standard InChI is InChI=1S/C26H28N2O2/c1-3-18-13-15-19(16-14-18)22-17-23(20-9-5-7-11-24(20)29)28-26(27-22)21-10-6-8-12-25(21)30-4-2/h5-16,23,26,28-29H,3-4,17H2,1-2H3/t23-,26-/m1/s1. The van der Waals surface area contributed by atoms with Gasteiger partial charge in [-0.3, -0.25) is 10.3 Å². The molecule has 1 heterocycles. The van der Waals surface area contributed by atoms with Gasteiger partial charge >= 0.3 is 0 Å². The van der Waals surface area contributed by atoms with Crippen LogP contribution in [0.5, 0.6) is 11.5 Å². The van der Waals surface area contributed by atoms with E-state index < -0.39 is 0 Å². The number of aliphatic imine (C=N–C) groups is 1. The van der Waals surface area contributed by atoms with Gasteiger partial charge in [-0.15, -0.1) is 0 Å². The lowest BCUT2D eigenvalue weighted by molar-refractivity contribution is 0.327. The van der Waals surface area contributed by atoms with E-state index in [2.05, 4.69) is 42.6 Å². The van der Waals surface area contributed by atoms with Crippen molar-refractivity contribution in [2.75, 3.05) is 6.61 Å². The van der Waals surface area contributed by atoms with Crippen LogP contribution in [0, 0.1) is 0 Å². The van der Waals surface area contributed by atoms with Gasteiger partial charge in [0.1, 0.15) is 17.7 Å². The number of aromatic hydroxyl groups is 1. The van der Waals surface area contributed by atoms with E-state index in [1.807, 2.05) is 43.3 Å². The minimum absolute atomic E-state index is 0.0516. The molecule has 3 aromatic carbocycles. The zero-order chi connectivity index (χ0) is 20.9. The molecule has 2 atom stereocenters. The van der Waals surface area contributed by atoms with Gasteiger partial charge in [0.15, 0.2) is 0 Å². The summed E-state index contributed by atoms with van der Waals surface area (Å²) in [5.74, 6) is 1.13. The molecule has 154 valence electrons. The van der Waals surface area contributed by atoms with Crippen LogP contribution in [0.25, 0.3) is 0 Å². The van der Waals surface area contributed by atoms with E-state index in [1.54, 1.807) is 6.07 Å². The first-order valence-corrected chi connectivity index (χ1v) is 10.6. The van der Waals surface area contributed by atoms with Gasteiger partial charge in [0.05, 0.1) is 6.61 Å². The number of phenolic OH excluding ortho intramolecular Hbond substituents is 1. The summed E-state index contributed by atoms with van der Waals surface area (Å²) in [6, 6.07) is 24.1. The second kappa shape index (κ2) is 9.14. The predicted molar refractivity (Wildman–Crippen MR) is 121 cm³/mol. The Morgan fingerprint density at radius 1 is 0.933 bits per heavy atom. The number of phenols is 1. The maximum atomic E-state index is 10.5.